The summed E-state index contributed by atoms with van der Waals surface area (Å²) in [6, 6.07) is 6.91. The minimum atomic E-state index is 0.233. The maximum atomic E-state index is 6.05. The Balaban J connectivity index is 1.57. The molecule has 1 aromatic carbocycles. The monoisotopic (exact) mass is 331 g/mol. The molecule has 0 spiro atoms. The molecule has 3 rings (SSSR count). The first-order valence-electron chi connectivity index (χ1n) is 8.97. The van der Waals surface area contributed by atoms with Crippen molar-refractivity contribution in [2.45, 2.75) is 51.8 Å². The van der Waals surface area contributed by atoms with Crippen molar-refractivity contribution in [2.24, 2.45) is 10.9 Å². The van der Waals surface area contributed by atoms with Gasteiger partial charge < -0.3 is 20.1 Å². The Bertz CT molecular complexity index is 582. The van der Waals surface area contributed by atoms with Gasteiger partial charge in [0.05, 0.1) is 6.10 Å². The predicted octanol–water partition coefficient (Wildman–Crippen LogP) is 2.63. The number of nitrogens with one attached hydrogen (secondary N) is 2. The smallest absolute Gasteiger partial charge is 0.191 e. The van der Waals surface area contributed by atoms with E-state index in [4.69, 9.17) is 9.47 Å². The Labute approximate surface area is 144 Å². The molecule has 3 atom stereocenters. The zero-order valence-electron chi connectivity index (χ0n) is 15.0. The molecule has 1 saturated heterocycles. The summed E-state index contributed by atoms with van der Waals surface area (Å²) in [5, 5.41) is 6.84. The molecule has 3 unspecified atom stereocenters. The Morgan fingerprint density at radius 2 is 2.25 bits per heavy atom. The van der Waals surface area contributed by atoms with Crippen molar-refractivity contribution in [3.05, 3.63) is 29.3 Å². The van der Waals surface area contributed by atoms with Crippen LogP contribution in [0.3, 0.4) is 0 Å². The van der Waals surface area contributed by atoms with E-state index in [2.05, 4.69) is 47.7 Å². The maximum absolute atomic E-state index is 6.05. The molecule has 5 heteroatoms. The van der Waals surface area contributed by atoms with Crippen LogP contribution >= 0.6 is 0 Å². The number of rotatable bonds is 6. The van der Waals surface area contributed by atoms with Crippen LogP contribution in [-0.4, -0.2) is 38.4 Å². The first kappa shape index (κ1) is 17.1. The van der Waals surface area contributed by atoms with Gasteiger partial charge in [-0.15, -0.1) is 0 Å². The van der Waals surface area contributed by atoms with Gasteiger partial charge in [0, 0.05) is 31.8 Å². The van der Waals surface area contributed by atoms with Crippen molar-refractivity contribution in [1.82, 2.24) is 10.6 Å². The highest BCUT2D eigenvalue weighted by Crippen LogP contribution is 2.28. The molecule has 1 heterocycles. The van der Waals surface area contributed by atoms with Crippen molar-refractivity contribution < 1.29 is 9.47 Å². The van der Waals surface area contributed by atoms with Crippen LogP contribution < -0.4 is 15.4 Å². The fourth-order valence-corrected chi connectivity index (χ4v) is 2.97. The van der Waals surface area contributed by atoms with Gasteiger partial charge in [-0.3, -0.25) is 4.99 Å². The first-order valence-corrected chi connectivity index (χ1v) is 8.97. The van der Waals surface area contributed by atoms with Gasteiger partial charge in [0.2, 0.25) is 0 Å². The van der Waals surface area contributed by atoms with E-state index in [0.29, 0.717) is 19.2 Å². The summed E-state index contributed by atoms with van der Waals surface area (Å²) >= 11 is 0. The first-order chi connectivity index (χ1) is 11.7. The molecule has 1 saturated carbocycles. The minimum Gasteiger partial charge on any atom is -0.491 e. The predicted molar refractivity (Wildman–Crippen MR) is 96.6 cm³/mol. The summed E-state index contributed by atoms with van der Waals surface area (Å²) in [4.78, 5) is 4.31. The second-order valence-corrected chi connectivity index (χ2v) is 6.95. The zero-order chi connectivity index (χ0) is 16.9. The highest BCUT2D eigenvalue weighted by atomic mass is 16.5. The van der Waals surface area contributed by atoms with E-state index in [0.717, 1.165) is 42.6 Å². The lowest BCUT2D eigenvalue weighted by atomic mass is 10.1. The summed E-state index contributed by atoms with van der Waals surface area (Å²) < 4.78 is 11.7. The molecule has 2 N–H and O–H groups in total. The minimum absolute atomic E-state index is 0.233. The Morgan fingerprint density at radius 3 is 2.92 bits per heavy atom. The topological polar surface area (TPSA) is 54.9 Å². The number of ether oxygens (including phenoxy) is 2. The summed E-state index contributed by atoms with van der Waals surface area (Å²) in [7, 11) is 1.81. The summed E-state index contributed by atoms with van der Waals surface area (Å²) in [6.45, 7) is 6.52. The SMILES string of the molecule is CN=C(NCc1ccc(C)cc1OCC1CCCO1)NC1CC1C. The number of guanidine groups is 1. The molecular weight excluding hydrogens is 302 g/mol. The van der Waals surface area contributed by atoms with E-state index < -0.39 is 0 Å². The average molecular weight is 331 g/mol. The molecule has 132 valence electrons. The standard InChI is InChI=1S/C19H29N3O2/c1-13-6-7-15(11-21-19(20-3)22-17-10-14(17)2)18(9-13)24-12-16-5-4-8-23-16/h6-7,9,14,16-17H,4-5,8,10-12H2,1-3H3,(H2,20,21,22). The van der Waals surface area contributed by atoms with E-state index in [1.165, 1.54) is 12.0 Å². The lowest BCUT2D eigenvalue weighted by Gasteiger charge is -2.17. The van der Waals surface area contributed by atoms with Crippen LogP contribution in [0.15, 0.2) is 23.2 Å². The van der Waals surface area contributed by atoms with Crippen LogP contribution in [0.1, 0.15) is 37.3 Å². The third-order valence-corrected chi connectivity index (χ3v) is 4.77. The Hall–Kier alpha value is -1.75. The van der Waals surface area contributed by atoms with Gasteiger partial charge in [-0.2, -0.15) is 0 Å². The van der Waals surface area contributed by atoms with E-state index >= 15 is 0 Å². The van der Waals surface area contributed by atoms with Crippen molar-refractivity contribution in [1.29, 1.82) is 0 Å². The van der Waals surface area contributed by atoms with Crippen molar-refractivity contribution in [3.8, 4) is 5.75 Å². The number of hydrogen-bond acceptors (Lipinski definition) is 3. The summed E-state index contributed by atoms with van der Waals surface area (Å²) in [6.07, 6.45) is 3.69. The van der Waals surface area contributed by atoms with Gasteiger partial charge in [-0.1, -0.05) is 19.1 Å². The molecule has 0 bridgehead atoms. The molecule has 1 aliphatic carbocycles. The van der Waals surface area contributed by atoms with Gasteiger partial charge in [0.25, 0.3) is 0 Å². The van der Waals surface area contributed by atoms with Crippen molar-refractivity contribution in [2.75, 3.05) is 20.3 Å². The highest BCUT2D eigenvalue weighted by Gasteiger charge is 2.33. The van der Waals surface area contributed by atoms with Crippen LogP contribution in [0.4, 0.5) is 0 Å². The van der Waals surface area contributed by atoms with Crippen LogP contribution in [0.2, 0.25) is 0 Å². The van der Waals surface area contributed by atoms with Crippen LogP contribution in [0, 0.1) is 12.8 Å². The normalized spacial score (nSPS) is 26.3. The second kappa shape index (κ2) is 7.88. The summed E-state index contributed by atoms with van der Waals surface area (Å²) in [5.41, 5.74) is 2.35. The third kappa shape index (κ3) is 4.63. The molecule has 0 aromatic heterocycles. The Morgan fingerprint density at radius 1 is 1.42 bits per heavy atom. The van der Waals surface area contributed by atoms with Crippen molar-refractivity contribution in [3.63, 3.8) is 0 Å². The molecule has 24 heavy (non-hydrogen) atoms. The van der Waals surface area contributed by atoms with Gasteiger partial charge in [0.15, 0.2) is 5.96 Å². The van der Waals surface area contributed by atoms with Crippen LogP contribution in [-0.2, 0) is 11.3 Å². The molecule has 1 aliphatic heterocycles. The number of benzene rings is 1. The second-order valence-electron chi connectivity index (χ2n) is 6.95. The van der Waals surface area contributed by atoms with Gasteiger partial charge in [0.1, 0.15) is 12.4 Å². The van der Waals surface area contributed by atoms with Gasteiger partial charge in [-0.25, -0.2) is 0 Å². The average Bonchev–Trinajstić information content (AvgIpc) is 3.05. The van der Waals surface area contributed by atoms with Crippen LogP contribution in [0.5, 0.6) is 5.75 Å². The lowest BCUT2D eigenvalue weighted by Crippen LogP contribution is -2.38. The largest absolute Gasteiger partial charge is 0.491 e. The van der Waals surface area contributed by atoms with Gasteiger partial charge in [-0.05, 0) is 43.7 Å². The maximum Gasteiger partial charge on any atom is 0.191 e. The lowest BCUT2D eigenvalue weighted by molar-refractivity contribution is 0.0676. The fourth-order valence-electron chi connectivity index (χ4n) is 2.97. The van der Waals surface area contributed by atoms with E-state index in [1.807, 2.05) is 7.05 Å². The Kier molecular flexibility index (Phi) is 5.61. The quantitative estimate of drug-likeness (QED) is 0.621. The number of aliphatic imine (C=N–C) groups is 1. The molecule has 0 amide bonds. The molecule has 2 aliphatic rings. The molecule has 2 fully saturated rings. The number of nitrogens with zero attached hydrogens (tertiary/aromatic N) is 1. The molecular formula is C19H29N3O2. The molecule has 1 aromatic rings. The van der Waals surface area contributed by atoms with E-state index in [-0.39, 0.29) is 6.10 Å². The number of hydrogen-bond donors (Lipinski definition) is 2. The van der Waals surface area contributed by atoms with Crippen LogP contribution in [0.25, 0.3) is 0 Å². The molecule has 5 nitrogen and oxygen atoms in total. The number of aryl methyl sites for hydroxylation is 1. The third-order valence-electron chi connectivity index (χ3n) is 4.77. The van der Waals surface area contributed by atoms with E-state index in [1.54, 1.807) is 0 Å². The summed E-state index contributed by atoms with van der Waals surface area (Å²) in [5.74, 6) is 2.54. The van der Waals surface area contributed by atoms with Crippen molar-refractivity contribution >= 4 is 5.96 Å². The van der Waals surface area contributed by atoms with E-state index in [9.17, 15) is 0 Å². The highest BCUT2D eigenvalue weighted by molar-refractivity contribution is 5.80. The zero-order valence-corrected chi connectivity index (χ0v) is 15.0. The van der Waals surface area contributed by atoms with Gasteiger partial charge >= 0.3 is 0 Å². The molecule has 0 radical (unpaired) electrons. The fraction of sp³-hybridized carbons (Fsp3) is 0.632.